The molecule has 0 fully saturated rings. The largest absolute Gasteiger partial charge is 0.453 e. The van der Waals surface area contributed by atoms with Crippen molar-refractivity contribution in [3.05, 3.63) is 0 Å². The summed E-state index contributed by atoms with van der Waals surface area (Å²) in [7, 11) is 0. The maximum Gasteiger partial charge on any atom is 0.306 e. The molecule has 0 aliphatic carbocycles. The molecule has 13 heavy (non-hydrogen) atoms. The van der Waals surface area contributed by atoms with E-state index in [1.54, 1.807) is 13.8 Å². The first kappa shape index (κ1) is 11.9. The van der Waals surface area contributed by atoms with Crippen molar-refractivity contribution in [3.63, 3.8) is 0 Å². The van der Waals surface area contributed by atoms with Gasteiger partial charge in [0.25, 0.3) is 5.91 Å². The molecule has 0 spiro atoms. The lowest BCUT2D eigenvalue weighted by Crippen LogP contribution is -2.36. The highest BCUT2D eigenvalue weighted by Gasteiger charge is 2.15. The Hall–Kier alpha value is -1.06. The lowest BCUT2D eigenvalue weighted by molar-refractivity contribution is -0.154. The summed E-state index contributed by atoms with van der Waals surface area (Å²) in [5.41, 5.74) is 0. The van der Waals surface area contributed by atoms with Crippen LogP contribution in [0, 0.1) is 0 Å². The predicted molar refractivity (Wildman–Crippen MR) is 49.1 cm³/mol. The molecule has 0 aromatic carbocycles. The number of esters is 1. The fourth-order valence-electron chi connectivity index (χ4n) is 0.726. The van der Waals surface area contributed by atoms with Crippen LogP contribution in [0.1, 0.15) is 33.6 Å². The predicted octanol–water partition coefficient (Wildman–Crippen LogP) is 0.854. The molecule has 0 unspecified atom stereocenters. The zero-order valence-electron chi connectivity index (χ0n) is 8.42. The second-order valence-electron chi connectivity index (χ2n) is 2.78. The van der Waals surface area contributed by atoms with E-state index in [0.29, 0.717) is 13.0 Å². The Morgan fingerprint density at radius 3 is 2.46 bits per heavy atom. The van der Waals surface area contributed by atoms with Crippen LogP contribution in [0.2, 0.25) is 0 Å². The van der Waals surface area contributed by atoms with E-state index in [2.05, 4.69) is 5.32 Å². The van der Waals surface area contributed by atoms with Gasteiger partial charge in [-0.3, -0.25) is 9.59 Å². The van der Waals surface area contributed by atoms with E-state index in [4.69, 9.17) is 4.74 Å². The summed E-state index contributed by atoms with van der Waals surface area (Å²) in [6.45, 7) is 5.84. The molecule has 0 aromatic heterocycles. The van der Waals surface area contributed by atoms with Gasteiger partial charge in [0.15, 0.2) is 6.10 Å². The zero-order valence-corrected chi connectivity index (χ0v) is 8.42. The van der Waals surface area contributed by atoms with Crippen LogP contribution in [0.5, 0.6) is 0 Å². The van der Waals surface area contributed by atoms with E-state index < -0.39 is 6.10 Å². The molecule has 1 N–H and O–H groups in total. The molecule has 0 saturated heterocycles. The Morgan fingerprint density at radius 2 is 2.00 bits per heavy atom. The van der Waals surface area contributed by atoms with E-state index >= 15 is 0 Å². The molecule has 0 saturated carbocycles. The van der Waals surface area contributed by atoms with Crippen molar-refractivity contribution in [2.75, 3.05) is 6.54 Å². The molecule has 0 rings (SSSR count). The molecule has 4 nitrogen and oxygen atoms in total. The molecule has 0 radical (unpaired) electrons. The summed E-state index contributed by atoms with van der Waals surface area (Å²) in [5.74, 6) is -0.581. The SMILES string of the molecule is CCCNC(=O)[C@H](C)OC(=O)CC. The third-order valence-corrected chi connectivity index (χ3v) is 1.52. The number of hydrogen-bond donors (Lipinski definition) is 1. The molecule has 0 aliphatic rings. The van der Waals surface area contributed by atoms with Crippen molar-refractivity contribution >= 4 is 11.9 Å². The van der Waals surface area contributed by atoms with Gasteiger partial charge in [0.05, 0.1) is 0 Å². The van der Waals surface area contributed by atoms with Gasteiger partial charge in [-0.15, -0.1) is 0 Å². The molecule has 0 aliphatic heterocycles. The first-order valence-electron chi connectivity index (χ1n) is 4.59. The number of carbonyl (C=O) groups is 2. The minimum atomic E-state index is -0.681. The van der Waals surface area contributed by atoms with Gasteiger partial charge in [-0.1, -0.05) is 13.8 Å². The van der Waals surface area contributed by atoms with Crippen LogP contribution in [-0.4, -0.2) is 24.5 Å². The second-order valence-corrected chi connectivity index (χ2v) is 2.78. The molecule has 0 heterocycles. The molecule has 4 heteroatoms. The van der Waals surface area contributed by atoms with E-state index in [-0.39, 0.29) is 11.9 Å². The summed E-state index contributed by atoms with van der Waals surface area (Å²) in [6.07, 6.45) is 0.491. The van der Waals surface area contributed by atoms with Crippen molar-refractivity contribution in [2.24, 2.45) is 0 Å². The van der Waals surface area contributed by atoms with Crippen molar-refractivity contribution < 1.29 is 14.3 Å². The van der Waals surface area contributed by atoms with Crippen molar-refractivity contribution in [1.29, 1.82) is 0 Å². The summed E-state index contributed by atoms with van der Waals surface area (Å²) < 4.78 is 4.81. The first-order valence-corrected chi connectivity index (χ1v) is 4.59. The highest BCUT2D eigenvalue weighted by molar-refractivity contribution is 5.83. The highest BCUT2D eigenvalue weighted by atomic mass is 16.5. The molecule has 76 valence electrons. The third kappa shape index (κ3) is 5.22. The van der Waals surface area contributed by atoms with E-state index in [0.717, 1.165) is 6.42 Å². The number of hydrogen-bond acceptors (Lipinski definition) is 3. The topological polar surface area (TPSA) is 55.4 Å². The standard InChI is InChI=1S/C9H17NO3/c1-4-6-10-9(12)7(3)13-8(11)5-2/h7H,4-6H2,1-3H3,(H,10,12)/t7-/m0/s1. The molecule has 0 bridgehead atoms. The minimum Gasteiger partial charge on any atom is -0.453 e. The maximum atomic E-state index is 11.2. The van der Waals surface area contributed by atoms with Crippen LogP contribution < -0.4 is 5.32 Å². The van der Waals surface area contributed by atoms with Gasteiger partial charge in [-0.2, -0.15) is 0 Å². The van der Waals surface area contributed by atoms with Gasteiger partial charge in [0.2, 0.25) is 0 Å². The number of rotatable bonds is 5. The second kappa shape index (κ2) is 6.46. The normalized spacial score (nSPS) is 11.9. The Balaban J connectivity index is 3.75. The fraction of sp³-hybridized carbons (Fsp3) is 0.778. The molecule has 0 aromatic rings. The Bertz CT molecular complexity index is 180. The summed E-state index contributed by atoms with van der Waals surface area (Å²) in [4.78, 5) is 22.0. The van der Waals surface area contributed by atoms with Gasteiger partial charge in [-0.05, 0) is 13.3 Å². The summed E-state index contributed by atoms with van der Waals surface area (Å²) in [6, 6.07) is 0. The van der Waals surface area contributed by atoms with E-state index in [1.807, 2.05) is 6.92 Å². The average molecular weight is 187 g/mol. The van der Waals surface area contributed by atoms with Crippen LogP contribution in [0.3, 0.4) is 0 Å². The van der Waals surface area contributed by atoms with Gasteiger partial charge < -0.3 is 10.1 Å². The first-order chi connectivity index (χ1) is 6.11. The van der Waals surface area contributed by atoms with Crippen LogP contribution in [0.25, 0.3) is 0 Å². The number of carbonyl (C=O) groups excluding carboxylic acids is 2. The van der Waals surface area contributed by atoms with Crippen LogP contribution in [0.4, 0.5) is 0 Å². The lowest BCUT2D eigenvalue weighted by Gasteiger charge is -2.11. The third-order valence-electron chi connectivity index (χ3n) is 1.52. The smallest absolute Gasteiger partial charge is 0.306 e. The van der Waals surface area contributed by atoms with Crippen LogP contribution in [0.15, 0.2) is 0 Å². The number of ether oxygens (including phenoxy) is 1. The molecule has 1 amide bonds. The minimum absolute atomic E-state index is 0.233. The lowest BCUT2D eigenvalue weighted by atomic mass is 10.3. The van der Waals surface area contributed by atoms with Gasteiger partial charge >= 0.3 is 5.97 Å². The Labute approximate surface area is 78.6 Å². The molecule has 1 atom stereocenters. The zero-order chi connectivity index (χ0) is 10.3. The van der Waals surface area contributed by atoms with E-state index in [9.17, 15) is 9.59 Å². The van der Waals surface area contributed by atoms with Gasteiger partial charge in [0, 0.05) is 13.0 Å². The maximum absolute atomic E-state index is 11.2. The Morgan fingerprint density at radius 1 is 1.38 bits per heavy atom. The van der Waals surface area contributed by atoms with Gasteiger partial charge in [0.1, 0.15) is 0 Å². The van der Waals surface area contributed by atoms with Crippen molar-refractivity contribution in [1.82, 2.24) is 5.32 Å². The highest BCUT2D eigenvalue weighted by Crippen LogP contribution is 1.94. The summed E-state index contributed by atoms with van der Waals surface area (Å²) >= 11 is 0. The fourth-order valence-corrected chi connectivity index (χ4v) is 0.726. The average Bonchev–Trinajstić information content (AvgIpc) is 2.13. The summed E-state index contributed by atoms with van der Waals surface area (Å²) in [5, 5.41) is 2.65. The van der Waals surface area contributed by atoms with Gasteiger partial charge in [-0.25, -0.2) is 0 Å². The van der Waals surface area contributed by atoms with Crippen LogP contribution in [-0.2, 0) is 14.3 Å². The van der Waals surface area contributed by atoms with Crippen molar-refractivity contribution in [3.8, 4) is 0 Å². The molecular formula is C9H17NO3. The quantitative estimate of drug-likeness (QED) is 0.649. The number of nitrogens with one attached hydrogen (secondary N) is 1. The van der Waals surface area contributed by atoms with Crippen LogP contribution >= 0.6 is 0 Å². The van der Waals surface area contributed by atoms with E-state index in [1.165, 1.54) is 0 Å². The van der Waals surface area contributed by atoms with Crippen molar-refractivity contribution in [2.45, 2.75) is 39.7 Å². The Kier molecular flexibility index (Phi) is 5.93. The number of amides is 1. The molecular weight excluding hydrogens is 170 g/mol. The monoisotopic (exact) mass is 187 g/mol.